The minimum Gasteiger partial charge on any atom is -0.511 e. The third-order valence-electron chi connectivity index (χ3n) is 9.29. The molecule has 1 aliphatic carbocycles. The molecule has 0 unspecified atom stereocenters. The fourth-order valence-corrected chi connectivity index (χ4v) is 6.92. The minimum absolute atomic E-state index is 0.0222. The maximum atomic E-state index is 12.9. The predicted octanol–water partition coefficient (Wildman–Crippen LogP) is 6.20. The predicted molar refractivity (Wildman–Crippen MR) is 164 cm³/mol. The van der Waals surface area contributed by atoms with Gasteiger partial charge in [-0.2, -0.15) is 0 Å². The van der Waals surface area contributed by atoms with Gasteiger partial charge in [0.2, 0.25) is 0 Å². The number of nitrogens with one attached hydrogen (secondary N) is 1. The van der Waals surface area contributed by atoms with Gasteiger partial charge in [0, 0.05) is 52.8 Å². The van der Waals surface area contributed by atoms with E-state index in [1.54, 1.807) is 6.92 Å². The van der Waals surface area contributed by atoms with Crippen LogP contribution in [0, 0.1) is 11.8 Å². The highest BCUT2D eigenvalue weighted by Crippen LogP contribution is 2.46. The molecule has 0 spiro atoms. The van der Waals surface area contributed by atoms with Crippen LogP contribution in [-0.4, -0.2) is 41.1 Å². The number of carbonyl (C=O) groups is 2. The molecule has 6 rings (SSSR count). The number of hydrogen-bond acceptors (Lipinski definition) is 8. The number of aliphatic hydroxyl groups excluding tert-OH is 1. The quantitative estimate of drug-likeness (QED) is 0.304. The van der Waals surface area contributed by atoms with E-state index in [-0.39, 0.29) is 30.0 Å². The van der Waals surface area contributed by atoms with Gasteiger partial charge in [-0.25, -0.2) is 15.0 Å². The lowest BCUT2D eigenvalue weighted by molar-refractivity contribution is -0.140. The van der Waals surface area contributed by atoms with E-state index in [0.717, 1.165) is 79.8 Å². The minimum atomic E-state index is -0.258. The molecule has 5 heterocycles. The van der Waals surface area contributed by atoms with Crippen molar-refractivity contribution in [3.05, 3.63) is 91.5 Å². The van der Waals surface area contributed by atoms with Crippen LogP contribution < -0.4 is 5.32 Å². The van der Waals surface area contributed by atoms with Crippen LogP contribution in [0.5, 0.6) is 0 Å². The van der Waals surface area contributed by atoms with Crippen molar-refractivity contribution in [2.24, 2.45) is 26.8 Å². The van der Waals surface area contributed by atoms with E-state index >= 15 is 0 Å². The standard InChI is InChI=1S/C34H36N4O4/c1-8-20-15(2)23-14-28-31(19(6)39)17(4)25(36-28)12-24-16(3)21(9-10-30(41)42-7)33(37-24)22-11-29(40)32-18(5)26(38-34(22)32)13-27(20)35-23/h12-14,16,21,37,40H,8-11H2,1-7H3/t16-,21-/m0/s1/i40+2. The van der Waals surface area contributed by atoms with Crippen molar-refractivity contribution >= 4 is 28.9 Å². The summed E-state index contributed by atoms with van der Waals surface area (Å²) in [5.41, 5.74) is 12.7. The molecule has 8 bridgehead atoms. The Hall–Kier alpha value is -4.33. The molecule has 6 aliphatic rings. The summed E-state index contributed by atoms with van der Waals surface area (Å²) in [6, 6.07) is 0. The van der Waals surface area contributed by atoms with E-state index in [4.69, 9.17) is 19.7 Å². The number of Topliss-reactive ketones (excluding diaryl/α,β-unsaturated/α-hetero) is 1. The van der Waals surface area contributed by atoms with Crippen molar-refractivity contribution in [2.45, 2.75) is 67.2 Å². The molecule has 2 atom stereocenters. The molecule has 5 aliphatic heterocycles. The first-order valence-corrected chi connectivity index (χ1v) is 14.6. The van der Waals surface area contributed by atoms with Crippen molar-refractivity contribution in [3.8, 4) is 0 Å². The molecular formula is C34H36N4O4. The molecule has 1 fully saturated rings. The first-order chi connectivity index (χ1) is 20.0. The first kappa shape index (κ1) is 27.8. The van der Waals surface area contributed by atoms with Gasteiger partial charge in [0.1, 0.15) is 5.76 Å². The Bertz CT molecular complexity index is 1730. The number of rotatable bonds is 5. The Morgan fingerprint density at radius 3 is 2.43 bits per heavy atom. The van der Waals surface area contributed by atoms with Gasteiger partial charge in [-0.1, -0.05) is 13.8 Å². The number of methoxy groups -OCH3 is 1. The lowest BCUT2D eigenvalue weighted by Crippen LogP contribution is -2.16. The second-order valence-corrected chi connectivity index (χ2v) is 11.7. The Morgan fingerprint density at radius 2 is 1.74 bits per heavy atom. The Labute approximate surface area is 246 Å². The molecule has 8 heteroatoms. The monoisotopic (exact) mass is 566 g/mol. The zero-order valence-electron chi connectivity index (χ0n) is 25.2. The zero-order valence-corrected chi connectivity index (χ0v) is 25.2. The summed E-state index contributed by atoms with van der Waals surface area (Å²) in [5, 5.41) is 14.8. The van der Waals surface area contributed by atoms with Crippen molar-refractivity contribution in [2.75, 3.05) is 7.11 Å². The van der Waals surface area contributed by atoms with Gasteiger partial charge in [0.25, 0.3) is 0 Å². The molecule has 8 nitrogen and oxygen atoms in total. The van der Waals surface area contributed by atoms with Gasteiger partial charge in [-0.15, -0.1) is 0 Å². The Kier molecular flexibility index (Phi) is 6.75. The molecule has 1 saturated heterocycles. The second kappa shape index (κ2) is 10.2. The number of carbonyl (C=O) groups excluding carboxylic acids is 2. The smallest absolute Gasteiger partial charge is 0.305 e. The number of aliphatic hydroxyl groups is 1. The average Bonchev–Trinajstić information content (AvgIpc) is 3.70. The Balaban J connectivity index is 1.61. The average molecular weight is 567 g/mol. The zero-order chi connectivity index (χ0) is 30.0. The summed E-state index contributed by atoms with van der Waals surface area (Å²) in [6.45, 7) is 11.8. The van der Waals surface area contributed by atoms with Crippen LogP contribution in [0.1, 0.15) is 67.2 Å². The molecule has 0 saturated carbocycles. The van der Waals surface area contributed by atoms with E-state index in [9.17, 15) is 14.7 Å². The second-order valence-electron chi connectivity index (χ2n) is 11.7. The third-order valence-corrected chi connectivity index (χ3v) is 9.29. The molecule has 0 aromatic rings. The summed E-state index contributed by atoms with van der Waals surface area (Å²) in [7, 11) is 1.40. The SMILES string of the molecule is CCC1=C(C)C2=NC1=CC1=C(C)C3=C([18OH])CC(=C4NC(=CC5=NC(=C2)C(C(C)=O)=C5C)[C@@H](C)[C@@H]4CCC(=O)OC)C3=N1. The molecule has 0 aromatic heterocycles. The number of nitrogens with zero attached hydrogens (tertiary/aromatic N) is 3. The third kappa shape index (κ3) is 4.23. The highest BCUT2D eigenvalue weighted by atomic mass is 18.2. The lowest BCUT2D eigenvalue weighted by Gasteiger charge is -2.17. The van der Waals surface area contributed by atoms with E-state index in [0.29, 0.717) is 29.9 Å². The van der Waals surface area contributed by atoms with Gasteiger partial charge in [0.05, 0.1) is 41.3 Å². The maximum absolute atomic E-state index is 12.9. The van der Waals surface area contributed by atoms with E-state index in [2.05, 4.69) is 26.1 Å². The highest BCUT2D eigenvalue weighted by Gasteiger charge is 2.41. The molecule has 0 aromatic carbocycles. The van der Waals surface area contributed by atoms with Crippen LogP contribution in [0.2, 0.25) is 0 Å². The van der Waals surface area contributed by atoms with Gasteiger partial charge in [-0.05, 0) is 81.1 Å². The molecular weight excluding hydrogens is 530 g/mol. The topological polar surface area (TPSA) is 113 Å². The fourth-order valence-electron chi connectivity index (χ4n) is 6.92. The number of hydrogen-bond donors (Lipinski definition) is 2. The summed E-state index contributed by atoms with van der Waals surface area (Å²) in [4.78, 5) is 40.1. The van der Waals surface area contributed by atoms with E-state index in [1.807, 2.05) is 32.1 Å². The lowest BCUT2D eigenvalue weighted by atomic mass is 9.86. The normalized spacial score (nSPS) is 24.6. The van der Waals surface area contributed by atoms with Crippen LogP contribution in [0.3, 0.4) is 0 Å². The van der Waals surface area contributed by atoms with Gasteiger partial charge >= 0.3 is 5.97 Å². The van der Waals surface area contributed by atoms with Gasteiger partial charge in [0.15, 0.2) is 5.78 Å². The van der Waals surface area contributed by atoms with Crippen LogP contribution in [0.25, 0.3) is 0 Å². The fraction of sp³-hybridized carbons (Fsp3) is 0.382. The first-order valence-electron chi connectivity index (χ1n) is 14.6. The molecule has 2 N–H and O–H groups in total. The molecule has 42 heavy (non-hydrogen) atoms. The number of ether oxygens (including phenoxy) is 1. The Morgan fingerprint density at radius 1 is 1.02 bits per heavy atom. The van der Waals surface area contributed by atoms with Crippen molar-refractivity contribution < 1.29 is 19.4 Å². The maximum Gasteiger partial charge on any atom is 0.305 e. The van der Waals surface area contributed by atoms with E-state index in [1.165, 1.54) is 7.11 Å². The van der Waals surface area contributed by atoms with Crippen LogP contribution in [-0.2, 0) is 14.3 Å². The largest absolute Gasteiger partial charge is 0.511 e. The molecule has 216 valence electrons. The van der Waals surface area contributed by atoms with Gasteiger partial charge < -0.3 is 15.2 Å². The summed E-state index contributed by atoms with van der Waals surface area (Å²) in [5.74, 6) is 0.00792. The highest BCUT2D eigenvalue weighted by molar-refractivity contribution is 6.22. The van der Waals surface area contributed by atoms with Crippen LogP contribution in [0.4, 0.5) is 0 Å². The number of esters is 1. The summed E-state index contributed by atoms with van der Waals surface area (Å²) in [6.07, 6.45) is 7.96. The number of allylic oxidation sites excluding steroid dienone is 12. The van der Waals surface area contributed by atoms with E-state index < -0.39 is 0 Å². The van der Waals surface area contributed by atoms with Gasteiger partial charge in [-0.3, -0.25) is 9.59 Å². The number of fused-ring (bicyclic) bond motifs is 5. The summed E-state index contributed by atoms with van der Waals surface area (Å²) < 4.78 is 4.96. The molecule has 0 radical (unpaired) electrons. The number of aliphatic imine (C=N–C) groups is 3. The van der Waals surface area contributed by atoms with Crippen LogP contribution in [0.15, 0.2) is 106 Å². The van der Waals surface area contributed by atoms with Crippen molar-refractivity contribution in [1.82, 2.24) is 5.32 Å². The number of ketones is 1. The molecule has 0 amide bonds. The van der Waals surface area contributed by atoms with Crippen molar-refractivity contribution in [1.29, 1.82) is 0 Å². The van der Waals surface area contributed by atoms with Crippen LogP contribution >= 0.6 is 0 Å². The summed E-state index contributed by atoms with van der Waals surface area (Å²) >= 11 is 0. The van der Waals surface area contributed by atoms with Crippen molar-refractivity contribution in [3.63, 3.8) is 0 Å².